The lowest BCUT2D eigenvalue weighted by atomic mass is 10.1. The quantitative estimate of drug-likeness (QED) is 0.927. The van der Waals surface area contributed by atoms with Crippen molar-refractivity contribution in [3.63, 3.8) is 0 Å². The minimum absolute atomic E-state index is 0.137. The van der Waals surface area contributed by atoms with Crippen LogP contribution in [0.15, 0.2) is 28.8 Å². The van der Waals surface area contributed by atoms with Gasteiger partial charge in [-0.3, -0.25) is 0 Å². The summed E-state index contributed by atoms with van der Waals surface area (Å²) in [5, 5.41) is 4.07. The Bertz CT molecular complexity index is 582. The van der Waals surface area contributed by atoms with Crippen molar-refractivity contribution in [3.05, 3.63) is 30.2 Å². The van der Waals surface area contributed by atoms with E-state index in [-0.39, 0.29) is 12.0 Å². The maximum atomic E-state index is 6.07. The summed E-state index contributed by atoms with van der Waals surface area (Å²) >= 11 is 0. The van der Waals surface area contributed by atoms with Gasteiger partial charge in [-0.05, 0) is 31.9 Å². The number of ether oxygens (including phenoxy) is 1. The van der Waals surface area contributed by atoms with Crippen molar-refractivity contribution in [1.29, 1.82) is 0 Å². The van der Waals surface area contributed by atoms with E-state index in [0.29, 0.717) is 18.3 Å². The van der Waals surface area contributed by atoms with Crippen molar-refractivity contribution in [1.82, 2.24) is 10.1 Å². The zero-order valence-corrected chi connectivity index (χ0v) is 11.6. The first-order chi connectivity index (χ1) is 9.78. The maximum absolute atomic E-state index is 6.07. The highest BCUT2D eigenvalue weighted by Crippen LogP contribution is 2.33. The second-order valence-corrected chi connectivity index (χ2v) is 5.12. The van der Waals surface area contributed by atoms with Crippen LogP contribution in [0.4, 0.5) is 0 Å². The van der Waals surface area contributed by atoms with Crippen LogP contribution in [0.25, 0.3) is 11.4 Å². The van der Waals surface area contributed by atoms with Crippen LogP contribution in [0.5, 0.6) is 5.75 Å². The van der Waals surface area contributed by atoms with E-state index >= 15 is 0 Å². The molecule has 0 spiro atoms. The minimum Gasteiger partial charge on any atom is -0.494 e. The van der Waals surface area contributed by atoms with Crippen molar-refractivity contribution in [3.8, 4) is 17.1 Å². The molecular weight excluding hydrogens is 254 g/mol. The molecule has 1 aliphatic rings. The molecule has 20 heavy (non-hydrogen) atoms. The summed E-state index contributed by atoms with van der Waals surface area (Å²) in [5.74, 6) is 2.27. The zero-order chi connectivity index (χ0) is 13.9. The van der Waals surface area contributed by atoms with Crippen molar-refractivity contribution in [2.45, 2.75) is 38.1 Å². The average molecular weight is 273 g/mol. The fraction of sp³-hybridized carbons (Fsp3) is 0.467. The van der Waals surface area contributed by atoms with Gasteiger partial charge in [0.25, 0.3) is 0 Å². The first kappa shape index (κ1) is 13.1. The Morgan fingerprint density at radius 3 is 3.05 bits per heavy atom. The highest BCUT2D eigenvalue weighted by atomic mass is 16.5. The molecule has 3 rings (SSSR count). The molecule has 1 heterocycles. The monoisotopic (exact) mass is 273 g/mol. The first-order valence-electron chi connectivity index (χ1n) is 7.10. The maximum Gasteiger partial charge on any atom is 0.231 e. The summed E-state index contributed by atoms with van der Waals surface area (Å²) in [6.45, 7) is 2.60. The van der Waals surface area contributed by atoms with Gasteiger partial charge in [0.05, 0.1) is 12.5 Å². The Labute approximate surface area is 118 Å². The third-order valence-electron chi connectivity index (χ3n) is 3.73. The first-order valence-corrected chi connectivity index (χ1v) is 7.10. The standard InChI is InChI=1S/C15H19N3O2/c1-2-19-11-6-3-5-10(9-11)14-17-15(20-18-14)12-7-4-8-13(12)16/h3,5-6,9,12-13H,2,4,7-8,16H2,1H3. The molecule has 2 unspecified atom stereocenters. The van der Waals surface area contributed by atoms with Crippen molar-refractivity contribution in [2.75, 3.05) is 6.61 Å². The molecule has 0 bridgehead atoms. The van der Waals surface area contributed by atoms with E-state index < -0.39 is 0 Å². The summed E-state index contributed by atoms with van der Waals surface area (Å²) in [6.07, 6.45) is 3.19. The summed E-state index contributed by atoms with van der Waals surface area (Å²) in [4.78, 5) is 4.50. The summed E-state index contributed by atoms with van der Waals surface area (Å²) in [7, 11) is 0. The highest BCUT2D eigenvalue weighted by Gasteiger charge is 2.30. The van der Waals surface area contributed by atoms with Crippen LogP contribution in [0.1, 0.15) is 38.0 Å². The molecule has 1 aromatic heterocycles. The Morgan fingerprint density at radius 1 is 1.40 bits per heavy atom. The number of nitrogens with zero attached hydrogens (tertiary/aromatic N) is 2. The minimum atomic E-state index is 0.137. The molecule has 1 saturated carbocycles. The molecule has 2 N–H and O–H groups in total. The van der Waals surface area contributed by atoms with E-state index in [2.05, 4.69) is 10.1 Å². The van der Waals surface area contributed by atoms with Gasteiger partial charge in [-0.1, -0.05) is 23.7 Å². The largest absolute Gasteiger partial charge is 0.494 e. The Morgan fingerprint density at radius 2 is 2.30 bits per heavy atom. The van der Waals surface area contributed by atoms with Gasteiger partial charge in [-0.2, -0.15) is 4.98 Å². The number of hydrogen-bond acceptors (Lipinski definition) is 5. The Balaban J connectivity index is 1.84. The van der Waals surface area contributed by atoms with E-state index in [4.69, 9.17) is 15.0 Å². The van der Waals surface area contributed by atoms with Crippen LogP contribution < -0.4 is 10.5 Å². The van der Waals surface area contributed by atoms with E-state index in [1.165, 1.54) is 0 Å². The molecule has 1 aliphatic carbocycles. The smallest absolute Gasteiger partial charge is 0.231 e. The summed E-state index contributed by atoms with van der Waals surface area (Å²) < 4.78 is 10.9. The zero-order valence-electron chi connectivity index (χ0n) is 11.6. The molecule has 1 fully saturated rings. The normalized spacial score (nSPS) is 22.1. The molecule has 2 atom stereocenters. The van der Waals surface area contributed by atoms with Gasteiger partial charge in [0.15, 0.2) is 0 Å². The second kappa shape index (κ2) is 5.63. The van der Waals surface area contributed by atoms with Crippen molar-refractivity contribution >= 4 is 0 Å². The molecule has 0 radical (unpaired) electrons. The predicted octanol–water partition coefficient (Wildman–Crippen LogP) is 2.73. The fourth-order valence-corrected chi connectivity index (χ4v) is 2.69. The van der Waals surface area contributed by atoms with Gasteiger partial charge < -0.3 is 15.0 Å². The third-order valence-corrected chi connectivity index (χ3v) is 3.73. The third kappa shape index (κ3) is 2.54. The van der Waals surface area contributed by atoms with E-state index in [1.54, 1.807) is 0 Å². The Kier molecular flexibility index (Phi) is 3.69. The molecular formula is C15H19N3O2. The molecule has 5 heteroatoms. The second-order valence-electron chi connectivity index (χ2n) is 5.12. The molecule has 5 nitrogen and oxygen atoms in total. The van der Waals surface area contributed by atoms with Crippen LogP contribution >= 0.6 is 0 Å². The molecule has 106 valence electrons. The van der Waals surface area contributed by atoms with Gasteiger partial charge in [0.1, 0.15) is 5.75 Å². The van der Waals surface area contributed by atoms with Gasteiger partial charge in [0, 0.05) is 11.6 Å². The van der Waals surface area contributed by atoms with E-state index in [1.807, 2.05) is 31.2 Å². The van der Waals surface area contributed by atoms with Gasteiger partial charge in [-0.25, -0.2) is 0 Å². The number of benzene rings is 1. The number of rotatable bonds is 4. The fourth-order valence-electron chi connectivity index (χ4n) is 2.69. The van der Waals surface area contributed by atoms with Gasteiger partial charge >= 0.3 is 0 Å². The predicted molar refractivity (Wildman–Crippen MR) is 75.5 cm³/mol. The van der Waals surface area contributed by atoms with Crippen LogP contribution in [-0.4, -0.2) is 22.8 Å². The van der Waals surface area contributed by atoms with Crippen LogP contribution in [0.2, 0.25) is 0 Å². The summed E-state index contributed by atoms with van der Waals surface area (Å²) in [6, 6.07) is 7.86. The van der Waals surface area contributed by atoms with Crippen LogP contribution in [0, 0.1) is 0 Å². The molecule has 0 aliphatic heterocycles. The molecule has 1 aromatic carbocycles. The van der Waals surface area contributed by atoms with E-state index in [0.717, 1.165) is 30.6 Å². The molecule has 2 aromatic rings. The molecule has 0 amide bonds. The average Bonchev–Trinajstić information content (AvgIpc) is 3.08. The Hall–Kier alpha value is -1.88. The lowest BCUT2D eigenvalue weighted by Crippen LogP contribution is -2.22. The van der Waals surface area contributed by atoms with Crippen molar-refractivity contribution < 1.29 is 9.26 Å². The lowest BCUT2D eigenvalue weighted by Gasteiger charge is -2.08. The van der Waals surface area contributed by atoms with Crippen molar-refractivity contribution in [2.24, 2.45) is 5.73 Å². The number of nitrogens with two attached hydrogens (primary N) is 1. The van der Waals surface area contributed by atoms with Crippen LogP contribution in [0.3, 0.4) is 0 Å². The van der Waals surface area contributed by atoms with Crippen LogP contribution in [-0.2, 0) is 0 Å². The number of hydrogen-bond donors (Lipinski definition) is 1. The lowest BCUT2D eigenvalue weighted by molar-refractivity contribution is 0.340. The van der Waals surface area contributed by atoms with E-state index in [9.17, 15) is 0 Å². The highest BCUT2D eigenvalue weighted by molar-refractivity contribution is 5.56. The topological polar surface area (TPSA) is 74.2 Å². The SMILES string of the molecule is CCOc1cccc(-c2noc(C3CCCC3N)n2)c1. The number of aromatic nitrogens is 2. The summed E-state index contributed by atoms with van der Waals surface area (Å²) in [5.41, 5.74) is 6.98. The molecule has 0 saturated heterocycles. The van der Waals surface area contributed by atoms with Gasteiger partial charge in [-0.15, -0.1) is 0 Å². The van der Waals surface area contributed by atoms with Gasteiger partial charge in [0.2, 0.25) is 11.7 Å².